The zero-order valence-corrected chi connectivity index (χ0v) is 45.7. The highest BCUT2D eigenvalue weighted by Crippen LogP contribution is 2.51. The lowest BCUT2D eigenvalue weighted by atomic mass is 10.1. The minimum Gasteiger partial charge on any atom is -0.493 e. The molecule has 0 fully saturated rings. The van der Waals surface area contributed by atoms with Gasteiger partial charge < -0.3 is 28.4 Å². The maximum absolute atomic E-state index is 6.85. The number of hydrogen-bond donors (Lipinski definition) is 0. The molecule has 0 aliphatic heterocycles. The molecule has 2 aromatic carbocycles. The smallest absolute Gasteiger partial charge is 0.140 e. The summed E-state index contributed by atoms with van der Waals surface area (Å²) in [5.41, 5.74) is 0. The van der Waals surface area contributed by atoms with Crippen LogP contribution >= 0.6 is 11.8 Å². The summed E-state index contributed by atoms with van der Waals surface area (Å²) in [5, 5.41) is 0. The zero-order chi connectivity index (χ0) is 48.1. The third kappa shape index (κ3) is 31.4. The summed E-state index contributed by atoms with van der Waals surface area (Å²) in [5.74, 6) is 4.94. The molecule has 0 saturated carbocycles. The second-order valence-electron chi connectivity index (χ2n) is 19.3. The van der Waals surface area contributed by atoms with Gasteiger partial charge in [0.15, 0.2) is 0 Å². The van der Waals surface area contributed by atoms with E-state index < -0.39 is 0 Å². The molecule has 0 atom stereocenters. The van der Waals surface area contributed by atoms with E-state index in [4.69, 9.17) is 28.4 Å². The van der Waals surface area contributed by atoms with E-state index in [0.717, 1.165) is 82.8 Å². The molecule has 0 spiro atoms. The van der Waals surface area contributed by atoms with Crippen LogP contribution in [0.3, 0.4) is 0 Å². The van der Waals surface area contributed by atoms with Crippen molar-refractivity contribution in [1.82, 2.24) is 0 Å². The Morgan fingerprint density at radius 3 is 0.627 bits per heavy atom. The van der Waals surface area contributed by atoms with Crippen molar-refractivity contribution < 1.29 is 28.4 Å². The van der Waals surface area contributed by atoms with Crippen molar-refractivity contribution in [3.05, 3.63) is 24.3 Å². The molecule has 7 heteroatoms. The SMILES string of the molecule is CCCCCCCCOc1cc(OCCCCCCCC)c(Sc2c(OCCCCCCCC)cc(OCCCCCCCC)cc2OCCCCCCCC)c(OCCCCCCCC)c1. The Morgan fingerprint density at radius 1 is 0.239 bits per heavy atom. The Labute approximate surface area is 419 Å². The Balaban J connectivity index is 2.61. The van der Waals surface area contributed by atoms with Gasteiger partial charge in [0, 0.05) is 24.3 Å². The number of unbranched alkanes of at least 4 members (excludes halogenated alkanes) is 30. The minimum atomic E-state index is 0.658. The molecule has 2 aromatic rings. The fourth-order valence-corrected chi connectivity index (χ4v) is 9.48. The average molecular weight is 956 g/mol. The first-order chi connectivity index (χ1) is 33.1. The van der Waals surface area contributed by atoms with Gasteiger partial charge in [-0.25, -0.2) is 0 Å². The summed E-state index contributed by atoms with van der Waals surface area (Å²) in [6, 6.07) is 8.50. The molecule has 0 bridgehead atoms. The third-order valence-corrected chi connectivity index (χ3v) is 14.0. The van der Waals surface area contributed by atoms with Crippen LogP contribution in [0.5, 0.6) is 34.5 Å². The molecule has 0 saturated heterocycles. The normalized spacial score (nSPS) is 11.3. The second-order valence-corrected chi connectivity index (χ2v) is 20.3. The molecule has 0 radical (unpaired) electrons. The van der Waals surface area contributed by atoms with Gasteiger partial charge in [-0.1, -0.05) is 246 Å². The van der Waals surface area contributed by atoms with Crippen LogP contribution in [0.2, 0.25) is 0 Å². The topological polar surface area (TPSA) is 55.4 Å². The van der Waals surface area contributed by atoms with Crippen LogP contribution in [0.4, 0.5) is 0 Å². The molecule has 6 nitrogen and oxygen atoms in total. The summed E-state index contributed by atoms with van der Waals surface area (Å²) in [6.07, 6.45) is 43.9. The maximum Gasteiger partial charge on any atom is 0.140 e. The van der Waals surface area contributed by atoms with Crippen LogP contribution < -0.4 is 28.4 Å². The molecule has 67 heavy (non-hydrogen) atoms. The van der Waals surface area contributed by atoms with Gasteiger partial charge in [-0.3, -0.25) is 0 Å². The zero-order valence-electron chi connectivity index (χ0n) is 44.9. The Hall–Kier alpha value is -2.41. The van der Waals surface area contributed by atoms with Crippen LogP contribution in [0, 0.1) is 0 Å². The van der Waals surface area contributed by atoms with Crippen molar-refractivity contribution in [2.45, 2.75) is 282 Å². The van der Waals surface area contributed by atoms with Crippen molar-refractivity contribution in [2.75, 3.05) is 39.6 Å². The molecule has 0 aliphatic rings. The van der Waals surface area contributed by atoms with Gasteiger partial charge in [-0.05, 0) is 38.5 Å². The van der Waals surface area contributed by atoms with E-state index in [2.05, 4.69) is 65.8 Å². The number of ether oxygens (including phenoxy) is 6. The summed E-state index contributed by atoms with van der Waals surface area (Å²) < 4.78 is 40.5. The Kier molecular flexibility index (Phi) is 40.6. The minimum absolute atomic E-state index is 0.658. The third-order valence-electron chi connectivity index (χ3n) is 12.7. The van der Waals surface area contributed by atoms with Crippen LogP contribution in [0.15, 0.2) is 34.1 Å². The molecule has 0 aromatic heterocycles. The molecule has 0 unspecified atom stereocenters. The van der Waals surface area contributed by atoms with Gasteiger partial charge in [0.2, 0.25) is 0 Å². The predicted octanol–water partition coefficient (Wildman–Crippen LogP) is 20.3. The molecular formula is C60H106O6S. The second kappa shape index (κ2) is 44.8. The van der Waals surface area contributed by atoms with E-state index >= 15 is 0 Å². The average Bonchev–Trinajstić information content (AvgIpc) is 3.33. The standard InChI is InChI=1S/C60H106O6S/c1-7-13-19-25-31-37-43-61-53-49-55(63-45-39-33-27-21-15-9-3)59(56(50-53)64-46-40-34-28-22-16-10-4)67-60-57(65-47-41-35-29-23-17-11-5)51-54(62-44-38-32-26-20-14-8-2)52-58(60)66-48-42-36-30-24-18-12-6/h49-52H,7-48H2,1-6H3. The molecule has 0 aliphatic carbocycles. The fraction of sp³-hybridized carbons (Fsp3) is 0.800. The first-order valence-corrected chi connectivity index (χ1v) is 29.7. The quantitative estimate of drug-likeness (QED) is 0.0612. The lowest BCUT2D eigenvalue weighted by Gasteiger charge is -2.22. The van der Waals surface area contributed by atoms with E-state index in [9.17, 15) is 0 Å². The van der Waals surface area contributed by atoms with Crippen molar-refractivity contribution in [2.24, 2.45) is 0 Å². The van der Waals surface area contributed by atoms with Crippen LogP contribution in [0.1, 0.15) is 273 Å². The van der Waals surface area contributed by atoms with Crippen molar-refractivity contribution in [1.29, 1.82) is 0 Å². The van der Waals surface area contributed by atoms with E-state index in [0.29, 0.717) is 39.6 Å². The van der Waals surface area contributed by atoms with Crippen LogP contribution in [-0.4, -0.2) is 39.6 Å². The first-order valence-electron chi connectivity index (χ1n) is 28.9. The van der Waals surface area contributed by atoms with Gasteiger partial charge in [-0.2, -0.15) is 0 Å². The summed E-state index contributed by atoms with van der Waals surface area (Å²) in [7, 11) is 0. The van der Waals surface area contributed by atoms with E-state index in [-0.39, 0.29) is 0 Å². The van der Waals surface area contributed by atoms with Gasteiger partial charge in [0.25, 0.3) is 0 Å². The fourth-order valence-electron chi connectivity index (χ4n) is 8.41. The van der Waals surface area contributed by atoms with Crippen molar-refractivity contribution >= 4 is 11.8 Å². The number of hydrogen-bond acceptors (Lipinski definition) is 7. The maximum atomic E-state index is 6.85. The summed E-state index contributed by atoms with van der Waals surface area (Å²) in [6.45, 7) is 17.7. The largest absolute Gasteiger partial charge is 0.493 e. The van der Waals surface area contributed by atoms with Crippen molar-refractivity contribution in [3.63, 3.8) is 0 Å². The molecule has 0 heterocycles. The van der Waals surface area contributed by atoms with Crippen LogP contribution in [0.25, 0.3) is 0 Å². The summed E-state index contributed by atoms with van der Waals surface area (Å²) in [4.78, 5) is 1.94. The highest BCUT2D eigenvalue weighted by molar-refractivity contribution is 7.99. The molecule has 0 amide bonds. The highest BCUT2D eigenvalue weighted by atomic mass is 32.2. The van der Waals surface area contributed by atoms with Crippen LogP contribution in [-0.2, 0) is 0 Å². The van der Waals surface area contributed by atoms with Gasteiger partial charge in [-0.15, -0.1) is 0 Å². The highest BCUT2D eigenvalue weighted by Gasteiger charge is 2.23. The molecular weight excluding hydrogens is 849 g/mol. The summed E-state index contributed by atoms with van der Waals surface area (Å²) >= 11 is 1.68. The number of rotatable bonds is 50. The Bertz CT molecular complexity index is 1220. The van der Waals surface area contributed by atoms with E-state index in [1.807, 2.05) is 0 Å². The van der Waals surface area contributed by atoms with Crippen molar-refractivity contribution in [3.8, 4) is 34.5 Å². The van der Waals surface area contributed by atoms with E-state index in [1.54, 1.807) is 11.8 Å². The molecule has 0 N–H and O–H groups in total. The van der Waals surface area contributed by atoms with Gasteiger partial charge in [0.05, 0.1) is 49.4 Å². The molecule has 2 rings (SSSR count). The number of benzene rings is 2. The van der Waals surface area contributed by atoms with E-state index in [1.165, 1.54) is 193 Å². The van der Waals surface area contributed by atoms with Gasteiger partial charge in [0.1, 0.15) is 34.5 Å². The van der Waals surface area contributed by atoms with Gasteiger partial charge >= 0.3 is 0 Å². The Morgan fingerprint density at radius 2 is 0.418 bits per heavy atom. The predicted molar refractivity (Wildman–Crippen MR) is 290 cm³/mol. The lowest BCUT2D eigenvalue weighted by molar-refractivity contribution is 0.264. The molecule has 388 valence electrons. The lowest BCUT2D eigenvalue weighted by Crippen LogP contribution is -2.06. The first kappa shape index (κ1) is 60.7. The monoisotopic (exact) mass is 955 g/mol.